The molecule has 118 valence electrons. The van der Waals surface area contributed by atoms with Crippen LogP contribution in [0.25, 0.3) is 0 Å². The molecule has 0 spiro atoms. The molecule has 2 N–H and O–H groups in total. The van der Waals surface area contributed by atoms with Gasteiger partial charge in [0.2, 0.25) is 0 Å². The third-order valence-corrected chi connectivity index (χ3v) is 3.83. The van der Waals surface area contributed by atoms with Gasteiger partial charge in [0.1, 0.15) is 11.3 Å². The van der Waals surface area contributed by atoms with Crippen molar-refractivity contribution in [1.82, 2.24) is 5.32 Å². The third kappa shape index (κ3) is 5.76. The van der Waals surface area contributed by atoms with Gasteiger partial charge in [-0.15, -0.1) is 0 Å². The molecule has 0 aliphatic heterocycles. The van der Waals surface area contributed by atoms with Crippen LogP contribution in [0.15, 0.2) is 24.3 Å². The van der Waals surface area contributed by atoms with Crippen LogP contribution >= 0.6 is 0 Å². The summed E-state index contributed by atoms with van der Waals surface area (Å²) in [4.78, 5) is 11.1. The second kappa shape index (κ2) is 8.67. The van der Waals surface area contributed by atoms with Crippen molar-refractivity contribution in [2.24, 2.45) is 0 Å². The van der Waals surface area contributed by atoms with Crippen LogP contribution in [-0.4, -0.2) is 30.3 Å². The number of carboxylic acids is 1. The normalized spacial score (nSPS) is 13.7. The lowest BCUT2D eigenvalue weighted by Crippen LogP contribution is -2.47. The molecule has 0 aliphatic carbocycles. The third-order valence-electron chi connectivity index (χ3n) is 3.83. The zero-order valence-corrected chi connectivity index (χ0v) is 13.3. The second-order valence-corrected chi connectivity index (χ2v) is 5.59. The van der Waals surface area contributed by atoms with E-state index in [1.54, 1.807) is 14.0 Å². The van der Waals surface area contributed by atoms with Crippen molar-refractivity contribution in [3.63, 3.8) is 0 Å². The molecule has 4 heteroatoms. The summed E-state index contributed by atoms with van der Waals surface area (Å²) in [6.07, 6.45) is 4.50. The largest absolute Gasteiger partial charge is 0.494 e. The molecule has 4 nitrogen and oxygen atoms in total. The highest BCUT2D eigenvalue weighted by Crippen LogP contribution is 2.16. The van der Waals surface area contributed by atoms with E-state index >= 15 is 0 Å². The molecule has 1 atom stereocenters. The fourth-order valence-corrected chi connectivity index (χ4v) is 2.15. The van der Waals surface area contributed by atoms with Crippen LogP contribution in [-0.2, 0) is 11.2 Å². The fourth-order valence-electron chi connectivity index (χ4n) is 2.15. The lowest BCUT2D eigenvalue weighted by atomic mass is 9.95. The Morgan fingerprint density at radius 1 is 1.29 bits per heavy atom. The molecule has 1 unspecified atom stereocenters. The molecule has 0 amide bonds. The van der Waals surface area contributed by atoms with Crippen LogP contribution in [0.5, 0.6) is 5.75 Å². The van der Waals surface area contributed by atoms with Crippen LogP contribution < -0.4 is 10.1 Å². The van der Waals surface area contributed by atoms with Crippen molar-refractivity contribution in [2.45, 2.75) is 51.5 Å². The average Bonchev–Trinajstić information content (AvgIpc) is 2.48. The Balaban J connectivity index is 2.26. The highest BCUT2D eigenvalue weighted by Gasteiger charge is 2.29. The molecular weight excluding hydrogens is 266 g/mol. The van der Waals surface area contributed by atoms with Gasteiger partial charge in [-0.05, 0) is 57.4 Å². The molecule has 0 saturated heterocycles. The summed E-state index contributed by atoms with van der Waals surface area (Å²) < 4.78 is 5.68. The second-order valence-electron chi connectivity index (χ2n) is 5.59. The summed E-state index contributed by atoms with van der Waals surface area (Å²) in [5.41, 5.74) is 0.484. The maximum absolute atomic E-state index is 11.1. The smallest absolute Gasteiger partial charge is 0.323 e. The number of benzene rings is 1. The number of ether oxygens (including phenoxy) is 1. The van der Waals surface area contributed by atoms with Crippen molar-refractivity contribution in [3.8, 4) is 5.75 Å². The maximum Gasteiger partial charge on any atom is 0.323 e. The predicted molar refractivity (Wildman–Crippen MR) is 84.9 cm³/mol. The van der Waals surface area contributed by atoms with Gasteiger partial charge in [-0.2, -0.15) is 0 Å². The first-order valence-corrected chi connectivity index (χ1v) is 7.66. The summed E-state index contributed by atoms with van der Waals surface area (Å²) in [6, 6.07) is 8.20. The van der Waals surface area contributed by atoms with E-state index in [1.807, 2.05) is 12.1 Å². The Hall–Kier alpha value is -1.55. The quantitative estimate of drug-likeness (QED) is 0.650. The molecule has 0 saturated carbocycles. The van der Waals surface area contributed by atoms with E-state index in [4.69, 9.17) is 9.84 Å². The number of hydrogen-bond acceptors (Lipinski definition) is 3. The monoisotopic (exact) mass is 293 g/mol. The van der Waals surface area contributed by atoms with E-state index in [-0.39, 0.29) is 0 Å². The van der Waals surface area contributed by atoms with Gasteiger partial charge < -0.3 is 15.2 Å². The highest BCUT2D eigenvalue weighted by atomic mass is 16.5. The van der Waals surface area contributed by atoms with Gasteiger partial charge in [0.15, 0.2) is 0 Å². The van der Waals surface area contributed by atoms with Crippen LogP contribution in [0.3, 0.4) is 0 Å². The lowest BCUT2D eigenvalue weighted by Gasteiger charge is -2.23. The van der Waals surface area contributed by atoms with E-state index in [0.29, 0.717) is 13.0 Å². The maximum atomic E-state index is 11.1. The molecule has 1 rings (SSSR count). The summed E-state index contributed by atoms with van der Waals surface area (Å²) in [6.45, 7) is 4.50. The van der Waals surface area contributed by atoms with Gasteiger partial charge >= 0.3 is 5.97 Å². The predicted octanol–water partition coefficient (Wildman–Crippen LogP) is 3.25. The highest BCUT2D eigenvalue weighted by molar-refractivity contribution is 5.78. The number of aryl methyl sites for hydroxylation is 1. The van der Waals surface area contributed by atoms with Crippen LogP contribution in [0.2, 0.25) is 0 Å². The number of likely N-dealkylation sites (N-methyl/N-ethyl adjacent to an activating group) is 1. The SMILES string of the molecule is CCCc1ccc(OCCCCC(C)(NC)C(=O)O)cc1. The van der Waals surface area contributed by atoms with Gasteiger partial charge in [-0.1, -0.05) is 25.5 Å². The van der Waals surface area contributed by atoms with E-state index in [2.05, 4.69) is 24.4 Å². The number of carbonyl (C=O) groups is 1. The Morgan fingerprint density at radius 2 is 1.95 bits per heavy atom. The number of hydrogen-bond donors (Lipinski definition) is 2. The van der Waals surface area contributed by atoms with Gasteiger partial charge in [0.05, 0.1) is 6.61 Å². The number of carboxylic acid groups (broad SMARTS) is 1. The number of nitrogens with one attached hydrogen (secondary N) is 1. The molecule has 0 radical (unpaired) electrons. The van der Waals surface area contributed by atoms with Crippen LogP contribution in [0, 0.1) is 0 Å². The number of aliphatic carboxylic acids is 1. The molecule has 0 heterocycles. The van der Waals surface area contributed by atoms with Crippen molar-refractivity contribution < 1.29 is 14.6 Å². The van der Waals surface area contributed by atoms with E-state index in [0.717, 1.165) is 31.4 Å². The van der Waals surface area contributed by atoms with Crippen molar-refractivity contribution >= 4 is 5.97 Å². The van der Waals surface area contributed by atoms with Gasteiger partial charge in [-0.3, -0.25) is 4.79 Å². The minimum atomic E-state index is -0.845. The molecule has 1 aromatic carbocycles. The average molecular weight is 293 g/mol. The minimum Gasteiger partial charge on any atom is -0.494 e. The van der Waals surface area contributed by atoms with Gasteiger partial charge in [0.25, 0.3) is 0 Å². The molecule has 0 aliphatic rings. The first-order chi connectivity index (χ1) is 10.0. The molecular formula is C17H27NO3. The number of rotatable bonds is 10. The summed E-state index contributed by atoms with van der Waals surface area (Å²) in [5.74, 6) is 0.0712. The topological polar surface area (TPSA) is 58.6 Å². The fraction of sp³-hybridized carbons (Fsp3) is 0.588. The first-order valence-electron chi connectivity index (χ1n) is 7.66. The Labute approximate surface area is 127 Å². The zero-order valence-electron chi connectivity index (χ0n) is 13.3. The Bertz CT molecular complexity index is 430. The molecule has 0 bridgehead atoms. The van der Waals surface area contributed by atoms with Crippen molar-refractivity contribution in [1.29, 1.82) is 0 Å². The zero-order chi connectivity index (χ0) is 15.7. The van der Waals surface area contributed by atoms with Gasteiger partial charge in [-0.25, -0.2) is 0 Å². The Kier molecular flexibility index (Phi) is 7.23. The van der Waals surface area contributed by atoms with Crippen LogP contribution in [0.1, 0.15) is 45.1 Å². The molecule has 1 aromatic rings. The first kappa shape index (κ1) is 17.5. The lowest BCUT2D eigenvalue weighted by molar-refractivity contribution is -0.144. The number of unbranched alkanes of at least 4 members (excludes halogenated alkanes) is 1. The Morgan fingerprint density at radius 3 is 2.48 bits per heavy atom. The van der Waals surface area contributed by atoms with Crippen LogP contribution in [0.4, 0.5) is 0 Å². The van der Waals surface area contributed by atoms with Gasteiger partial charge in [0, 0.05) is 0 Å². The molecule has 0 fully saturated rings. The van der Waals surface area contributed by atoms with Crippen molar-refractivity contribution in [3.05, 3.63) is 29.8 Å². The van der Waals surface area contributed by atoms with E-state index < -0.39 is 11.5 Å². The van der Waals surface area contributed by atoms with E-state index in [1.165, 1.54) is 5.56 Å². The molecule has 0 aromatic heterocycles. The standard InChI is InChI=1S/C17H27NO3/c1-4-7-14-8-10-15(11-9-14)21-13-6-5-12-17(2,18-3)16(19)20/h8-11,18H,4-7,12-13H2,1-3H3,(H,19,20). The van der Waals surface area contributed by atoms with E-state index in [9.17, 15) is 4.79 Å². The summed E-state index contributed by atoms with van der Waals surface area (Å²) in [5, 5.41) is 12.0. The van der Waals surface area contributed by atoms with Crippen molar-refractivity contribution in [2.75, 3.05) is 13.7 Å². The summed E-state index contributed by atoms with van der Waals surface area (Å²) >= 11 is 0. The minimum absolute atomic E-state index is 0.595. The summed E-state index contributed by atoms with van der Waals surface area (Å²) in [7, 11) is 1.68. The molecule has 21 heavy (non-hydrogen) atoms.